The van der Waals surface area contributed by atoms with E-state index >= 15 is 0 Å². The third-order valence-corrected chi connectivity index (χ3v) is 5.14. The number of nitrogens with zero attached hydrogens (tertiary/aromatic N) is 1. The zero-order valence-corrected chi connectivity index (χ0v) is 17.0. The van der Waals surface area contributed by atoms with Gasteiger partial charge < -0.3 is 0 Å². The number of halogens is 2. The van der Waals surface area contributed by atoms with Crippen molar-refractivity contribution in [2.75, 3.05) is 0 Å². The summed E-state index contributed by atoms with van der Waals surface area (Å²) in [5, 5.41) is 0. The zero-order valence-electron chi connectivity index (χ0n) is 13.7. The Morgan fingerprint density at radius 2 is 1.78 bits per heavy atom. The van der Waals surface area contributed by atoms with Crippen LogP contribution in [0.4, 0.5) is 0 Å². The van der Waals surface area contributed by atoms with Gasteiger partial charge in [-0.15, -0.1) is 0 Å². The van der Waals surface area contributed by atoms with Crippen LogP contribution in [0.5, 0.6) is 5.75 Å². The van der Waals surface area contributed by atoms with Gasteiger partial charge in [0.05, 0.1) is 0 Å². The normalized spacial score (nSPS) is 11.7. The monoisotopic (exact) mass is 440 g/mol. The first kappa shape index (κ1) is 18.6. The first-order chi connectivity index (χ1) is 10.9. The van der Waals surface area contributed by atoms with E-state index < -0.39 is 13.5 Å². The Morgan fingerprint density at radius 1 is 1.04 bits per heavy atom. The molecule has 0 bridgehead atoms. The molecule has 0 aliphatic heterocycles. The van der Waals surface area contributed by atoms with Crippen LogP contribution in [0.1, 0.15) is 39.3 Å². The van der Waals surface area contributed by atoms with E-state index in [9.17, 15) is 0 Å². The SMILES string of the molecule is CC(C)Oc1c([CH]=[Ru]([Cl])[Cl])cccc1-c1cccc[n+]1C(C)C. The first-order valence-corrected chi connectivity index (χ1v) is 13.0. The van der Waals surface area contributed by atoms with Crippen LogP contribution in [0.3, 0.4) is 0 Å². The quantitative estimate of drug-likeness (QED) is 0.467. The van der Waals surface area contributed by atoms with Crippen LogP contribution < -0.4 is 9.30 Å². The van der Waals surface area contributed by atoms with Crippen molar-refractivity contribution in [2.24, 2.45) is 0 Å². The summed E-state index contributed by atoms with van der Waals surface area (Å²) in [6.07, 6.45) is 2.17. The maximum absolute atomic E-state index is 6.13. The van der Waals surface area contributed by atoms with Crippen molar-refractivity contribution < 1.29 is 22.8 Å². The Morgan fingerprint density at radius 3 is 2.39 bits per heavy atom. The van der Waals surface area contributed by atoms with Crippen LogP contribution in [0.25, 0.3) is 11.3 Å². The van der Waals surface area contributed by atoms with E-state index in [0.717, 1.165) is 22.6 Å². The molecule has 5 heteroatoms. The summed E-state index contributed by atoms with van der Waals surface area (Å²) in [5.41, 5.74) is 3.15. The molecule has 1 aromatic heterocycles. The number of hydrogen-bond acceptors (Lipinski definition) is 1. The molecule has 1 aromatic carbocycles. The number of benzene rings is 1. The van der Waals surface area contributed by atoms with Gasteiger partial charge in [0.2, 0.25) is 0 Å². The van der Waals surface area contributed by atoms with Crippen molar-refractivity contribution in [2.45, 2.75) is 39.8 Å². The van der Waals surface area contributed by atoms with Gasteiger partial charge in [-0.3, -0.25) is 0 Å². The summed E-state index contributed by atoms with van der Waals surface area (Å²) in [4.78, 5) is 0. The molecule has 0 atom stereocenters. The summed E-state index contributed by atoms with van der Waals surface area (Å²) in [6, 6.07) is 12.7. The van der Waals surface area contributed by atoms with Gasteiger partial charge in [-0.2, -0.15) is 0 Å². The summed E-state index contributed by atoms with van der Waals surface area (Å²) >= 11 is -1.93. The third kappa shape index (κ3) is 4.86. The fourth-order valence-corrected chi connectivity index (χ4v) is 4.21. The molecule has 2 aromatic rings. The van der Waals surface area contributed by atoms with Gasteiger partial charge in [0.15, 0.2) is 0 Å². The van der Waals surface area contributed by atoms with Crippen molar-refractivity contribution in [1.29, 1.82) is 0 Å². The minimum atomic E-state index is -1.93. The third-order valence-electron chi connectivity index (χ3n) is 3.31. The van der Waals surface area contributed by atoms with Gasteiger partial charge in [-0.25, -0.2) is 0 Å². The van der Waals surface area contributed by atoms with Crippen LogP contribution in [0.15, 0.2) is 42.6 Å². The van der Waals surface area contributed by atoms with Gasteiger partial charge >= 0.3 is 152 Å². The van der Waals surface area contributed by atoms with Crippen LogP contribution in [-0.2, 0) is 13.5 Å². The molecule has 0 fully saturated rings. The maximum atomic E-state index is 6.13. The Hall–Kier alpha value is -0.757. The van der Waals surface area contributed by atoms with E-state index in [1.165, 1.54) is 0 Å². The summed E-state index contributed by atoms with van der Waals surface area (Å²) in [7, 11) is 12.2. The molecule has 23 heavy (non-hydrogen) atoms. The second-order valence-electron chi connectivity index (χ2n) is 5.78. The van der Waals surface area contributed by atoms with Crippen molar-refractivity contribution in [3.63, 3.8) is 0 Å². The van der Waals surface area contributed by atoms with E-state index in [4.69, 9.17) is 24.1 Å². The summed E-state index contributed by atoms with van der Waals surface area (Å²) in [5.74, 6) is 0.850. The predicted molar refractivity (Wildman–Crippen MR) is 95.1 cm³/mol. The first-order valence-electron chi connectivity index (χ1n) is 7.53. The fraction of sp³-hybridized carbons (Fsp3) is 0.333. The van der Waals surface area contributed by atoms with Crippen molar-refractivity contribution in [3.8, 4) is 17.0 Å². The molecule has 2 nitrogen and oxygen atoms in total. The second-order valence-corrected chi connectivity index (χ2v) is 11.5. The molecule has 0 unspecified atom stereocenters. The molecule has 0 saturated carbocycles. The number of pyridine rings is 1. The Kier molecular flexibility index (Phi) is 6.76. The van der Waals surface area contributed by atoms with E-state index in [2.05, 4.69) is 36.7 Å². The van der Waals surface area contributed by atoms with Gasteiger partial charge in [-0.1, -0.05) is 0 Å². The molecule has 0 aliphatic rings. The Labute approximate surface area is 151 Å². The standard InChI is InChI=1S/C18H22NO.2ClH.Ru/c1-13(2)19-12-7-6-11-17(19)16-10-8-9-15(5)18(16)20-14(3)4;;;/h5-14H,1-4H3;2*1H;/q+1;;;+2/p-2. The van der Waals surface area contributed by atoms with Gasteiger partial charge in [-0.05, 0) is 0 Å². The molecular weight excluding hydrogens is 418 g/mol. The van der Waals surface area contributed by atoms with Gasteiger partial charge in [0, 0.05) is 0 Å². The summed E-state index contributed by atoms with van der Waals surface area (Å²) in [6.45, 7) is 8.39. The van der Waals surface area contributed by atoms with Gasteiger partial charge in [0.25, 0.3) is 0 Å². The number of ether oxygens (including phenoxy) is 1. The molecular formula is C18H22Cl2NORu+. The molecule has 0 N–H and O–H groups in total. The summed E-state index contributed by atoms with van der Waals surface area (Å²) < 4.78 is 10.3. The number of para-hydroxylation sites is 1. The molecule has 0 spiro atoms. The van der Waals surface area contributed by atoms with Crippen molar-refractivity contribution in [1.82, 2.24) is 0 Å². The molecule has 0 radical (unpaired) electrons. The van der Waals surface area contributed by atoms with Gasteiger partial charge in [0.1, 0.15) is 0 Å². The van der Waals surface area contributed by atoms with E-state index in [1.807, 2.05) is 42.7 Å². The van der Waals surface area contributed by atoms with E-state index in [-0.39, 0.29) is 6.10 Å². The number of rotatable bonds is 5. The molecule has 0 saturated heterocycles. The molecule has 0 aliphatic carbocycles. The van der Waals surface area contributed by atoms with Crippen LogP contribution >= 0.6 is 19.4 Å². The second kappa shape index (κ2) is 8.37. The molecule has 2 rings (SSSR count). The van der Waals surface area contributed by atoms with Crippen LogP contribution in [0.2, 0.25) is 0 Å². The molecule has 1 heterocycles. The Balaban J connectivity index is 2.69. The fourth-order valence-electron chi connectivity index (χ4n) is 2.42. The van der Waals surface area contributed by atoms with E-state index in [1.54, 1.807) is 0 Å². The van der Waals surface area contributed by atoms with E-state index in [0.29, 0.717) is 6.04 Å². The van der Waals surface area contributed by atoms with Crippen LogP contribution in [-0.4, -0.2) is 10.7 Å². The average Bonchev–Trinajstić information content (AvgIpc) is 2.48. The van der Waals surface area contributed by atoms with Crippen LogP contribution in [0, 0.1) is 0 Å². The minimum absolute atomic E-state index is 0.0748. The number of aromatic nitrogens is 1. The van der Waals surface area contributed by atoms with Crippen molar-refractivity contribution in [3.05, 3.63) is 48.2 Å². The average molecular weight is 440 g/mol. The molecule has 0 amide bonds. The Bertz CT molecular complexity index is 710. The zero-order chi connectivity index (χ0) is 17.0. The number of hydrogen-bond donors (Lipinski definition) is 0. The van der Waals surface area contributed by atoms with Crippen molar-refractivity contribution >= 4 is 24.0 Å². The topological polar surface area (TPSA) is 13.1 Å². The molecule has 126 valence electrons. The predicted octanol–water partition coefficient (Wildman–Crippen LogP) is 5.09.